The van der Waals surface area contributed by atoms with Gasteiger partial charge in [-0.3, -0.25) is 4.79 Å². The largest absolute Gasteiger partial charge is 0.497 e. The first-order valence-corrected chi connectivity index (χ1v) is 6.18. The molecule has 0 aliphatic rings. The molecule has 0 bridgehead atoms. The molecule has 0 spiro atoms. The van der Waals surface area contributed by atoms with Gasteiger partial charge in [0.15, 0.2) is 0 Å². The number of hydrogen-bond acceptors (Lipinski definition) is 3. The van der Waals surface area contributed by atoms with Crippen LogP contribution in [0.3, 0.4) is 0 Å². The summed E-state index contributed by atoms with van der Waals surface area (Å²) in [5.74, 6) is 1.40. The van der Waals surface area contributed by atoms with Crippen LogP contribution in [0.2, 0.25) is 0 Å². The van der Waals surface area contributed by atoms with Crippen molar-refractivity contribution in [1.29, 1.82) is 0 Å². The maximum atomic E-state index is 12.0. The predicted molar refractivity (Wildman–Crippen MR) is 72.2 cm³/mol. The van der Waals surface area contributed by atoms with Crippen molar-refractivity contribution >= 4 is 11.6 Å². The molecule has 100 valence electrons. The Balaban J connectivity index is 2.86. The van der Waals surface area contributed by atoms with Crippen LogP contribution in [0.25, 0.3) is 0 Å². The van der Waals surface area contributed by atoms with E-state index in [9.17, 15) is 4.79 Å². The van der Waals surface area contributed by atoms with Crippen LogP contribution in [0.15, 0.2) is 18.2 Å². The van der Waals surface area contributed by atoms with Crippen molar-refractivity contribution in [3.63, 3.8) is 0 Å². The Morgan fingerprint density at radius 3 is 2.00 bits per heavy atom. The topological polar surface area (TPSA) is 47.6 Å². The van der Waals surface area contributed by atoms with Gasteiger partial charge in [-0.2, -0.15) is 0 Å². The fourth-order valence-corrected chi connectivity index (χ4v) is 1.78. The normalized spacial score (nSPS) is 10.3. The first-order valence-electron chi connectivity index (χ1n) is 6.18. The summed E-state index contributed by atoms with van der Waals surface area (Å²) in [6, 6.07) is 5.33. The molecule has 1 aromatic rings. The first kappa shape index (κ1) is 14.4. The molecule has 18 heavy (non-hydrogen) atoms. The van der Waals surface area contributed by atoms with E-state index in [0.717, 1.165) is 12.8 Å². The lowest BCUT2D eigenvalue weighted by Gasteiger charge is -2.14. The Kier molecular flexibility index (Phi) is 5.49. The average molecular weight is 251 g/mol. The van der Waals surface area contributed by atoms with Gasteiger partial charge in [0, 0.05) is 29.8 Å². The van der Waals surface area contributed by atoms with Gasteiger partial charge in [-0.15, -0.1) is 0 Å². The van der Waals surface area contributed by atoms with Crippen molar-refractivity contribution in [3.05, 3.63) is 18.2 Å². The number of carbonyl (C=O) groups is 1. The van der Waals surface area contributed by atoms with Crippen LogP contribution in [0.1, 0.15) is 26.7 Å². The molecule has 1 aromatic carbocycles. The third-order valence-corrected chi connectivity index (χ3v) is 2.98. The first-order chi connectivity index (χ1) is 8.64. The quantitative estimate of drug-likeness (QED) is 0.845. The van der Waals surface area contributed by atoms with E-state index in [1.165, 1.54) is 0 Å². The van der Waals surface area contributed by atoms with Crippen LogP contribution in [0.4, 0.5) is 5.69 Å². The maximum Gasteiger partial charge on any atom is 0.227 e. The molecule has 0 aliphatic heterocycles. The van der Waals surface area contributed by atoms with Crippen molar-refractivity contribution in [3.8, 4) is 11.5 Å². The zero-order valence-electron chi connectivity index (χ0n) is 11.4. The summed E-state index contributed by atoms with van der Waals surface area (Å²) >= 11 is 0. The van der Waals surface area contributed by atoms with Crippen LogP contribution in [-0.4, -0.2) is 20.1 Å². The van der Waals surface area contributed by atoms with E-state index in [1.807, 2.05) is 13.8 Å². The van der Waals surface area contributed by atoms with Crippen molar-refractivity contribution in [2.24, 2.45) is 5.92 Å². The Morgan fingerprint density at radius 2 is 1.61 bits per heavy atom. The highest BCUT2D eigenvalue weighted by Gasteiger charge is 2.14. The Morgan fingerprint density at radius 1 is 1.11 bits per heavy atom. The smallest absolute Gasteiger partial charge is 0.227 e. The second-order valence-corrected chi connectivity index (χ2v) is 4.10. The number of benzene rings is 1. The zero-order chi connectivity index (χ0) is 13.5. The van der Waals surface area contributed by atoms with Gasteiger partial charge in [-0.1, -0.05) is 13.8 Å². The Labute approximate surface area is 108 Å². The number of ether oxygens (including phenoxy) is 2. The molecule has 0 unspecified atom stereocenters. The molecule has 0 atom stereocenters. The molecule has 4 nitrogen and oxygen atoms in total. The molecule has 1 N–H and O–H groups in total. The second kappa shape index (κ2) is 6.89. The third-order valence-electron chi connectivity index (χ3n) is 2.98. The number of methoxy groups -OCH3 is 2. The predicted octanol–water partition coefficient (Wildman–Crippen LogP) is 3.08. The highest BCUT2D eigenvalue weighted by atomic mass is 16.5. The molecule has 1 rings (SSSR count). The van der Waals surface area contributed by atoms with Crippen LogP contribution >= 0.6 is 0 Å². The van der Waals surface area contributed by atoms with E-state index < -0.39 is 0 Å². The summed E-state index contributed by atoms with van der Waals surface area (Å²) in [4.78, 5) is 12.0. The van der Waals surface area contributed by atoms with E-state index in [2.05, 4.69) is 5.32 Å². The van der Waals surface area contributed by atoms with E-state index in [0.29, 0.717) is 17.2 Å². The number of anilines is 1. The van der Waals surface area contributed by atoms with Gasteiger partial charge in [-0.05, 0) is 12.8 Å². The number of amides is 1. The minimum Gasteiger partial charge on any atom is -0.497 e. The van der Waals surface area contributed by atoms with E-state index >= 15 is 0 Å². The van der Waals surface area contributed by atoms with Gasteiger partial charge in [0.2, 0.25) is 5.91 Å². The van der Waals surface area contributed by atoms with E-state index in [-0.39, 0.29) is 11.8 Å². The summed E-state index contributed by atoms with van der Waals surface area (Å²) in [5.41, 5.74) is 0.697. The van der Waals surface area contributed by atoms with Gasteiger partial charge in [0.1, 0.15) is 11.5 Å². The summed E-state index contributed by atoms with van der Waals surface area (Å²) < 4.78 is 10.3. The van der Waals surface area contributed by atoms with Crippen LogP contribution in [-0.2, 0) is 4.79 Å². The monoisotopic (exact) mass is 251 g/mol. The number of hydrogen-bond donors (Lipinski definition) is 1. The van der Waals surface area contributed by atoms with Crippen molar-refractivity contribution in [1.82, 2.24) is 0 Å². The number of carbonyl (C=O) groups excluding carboxylic acids is 1. The van der Waals surface area contributed by atoms with Crippen LogP contribution in [0.5, 0.6) is 11.5 Å². The number of rotatable bonds is 6. The summed E-state index contributed by atoms with van der Waals surface area (Å²) in [6.45, 7) is 4.03. The third kappa shape index (κ3) is 3.65. The molecule has 0 saturated heterocycles. The SMILES string of the molecule is CCC(CC)C(=O)Nc1cc(OC)cc(OC)c1. The zero-order valence-corrected chi connectivity index (χ0v) is 11.4. The minimum atomic E-state index is 0.0373. The molecule has 0 aliphatic carbocycles. The lowest BCUT2D eigenvalue weighted by Crippen LogP contribution is -2.21. The summed E-state index contributed by atoms with van der Waals surface area (Å²) in [6.07, 6.45) is 1.67. The van der Waals surface area contributed by atoms with Crippen LogP contribution in [0, 0.1) is 5.92 Å². The van der Waals surface area contributed by atoms with Gasteiger partial charge >= 0.3 is 0 Å². The molecule has 0 saturated carbocycles. The van der Waals surface area contributed by atoms with Gasteiger partial charge in [0.05, 0.1) is 14.2 Å². The fourth-order valence-electron chi connectivity index (χ4n) is 1.78. The molecular formula is C14H21NO3. The van der Waals surface area contributed by atoms with E-state index in [1.54, 1.807) is 32.4 Å². The highest BCUT2D eigenvalue weighted by Crippen LogP contribution is 2.26. The molecule has 0 radical (unpaired) electrons. The Bertz CT molecular complexity index is 378. The standard InChI is InChI=1S/C14H21NO3/c1-5-10(6-2)14(16)15-11-7-12(17-3)9-13(8-11)18-4/h7-10H,5-6H2,1-4H3,(H,15,16). The van der Waals surface area contributed by atoms with E-state index in [4.69, 9.17) is 9.47 Å². The lowest BCUT2D eigenvalue weighted by atomic mass is 10.0. The summed E-state index contributed by atoms with van der Waals surface area (Å²) in [5, 5.41) is 2.89. The van der Waals surface area contributed by atoms with Crippen molar-refractivity contribution in [2.75, 3.05) is 19.5 Å². The summed E-state index contributed by atoms with van der Waals surface area (Å²) in [7, 11) is 3.17. The molecular weight excluding hydrogens is 230 g/mol. The maximum absolute atomic E-state index is 12.0. The van der Waals surface area contributed by atoms with Gasteiger partial charge in [-0.25, -0.2) is 0 Å². The van der Waals surface area contributed by atoms with Crippen LogP contribution < -0.4 is 14.8 Å². The lowest BCUT2D eigenvalue weighted by molar-refractivity contribution is -0.120. The molecule has 4 heteroatoms. The van der Waals surface area contributed by atoms with Gasteiger partial charge in [0.25, 0.3) is 0 Å². The minimum absolute atomic E-state index is 0.0373. The molecule has 0 aromatic heterocycles. The fraction of sp³-hybridized carbons (Fsp3) is 0.500. The van der Waals surface area contributed by atoms with Crippen molar-refractivity contribution in [2.45, 2.75) is 26.7 Å². The average Bonchev–Trinajstić information content (AvgIpc) is 2.39. The molecule has 0 fully saturated rings. The Hall–Kier alpha value is -1.71. The highest BCUT2D eigenvalue weighted by molar-refractivity contribution is 5.92. The van der Waals surface area contributed by atoms with Crippen molar-refractivity contribution < 1.29 is 14.3 Å². The second-order valence-electron chi connectivity index (χ2n) is 4.10. The number of nitrogens with one attached hydrogen (secondary N) is 1. The molecule has 0 heterocycles. The van der Waals surface area contributed by atoms with Gasteiger partial charge < -0.3 is 14.8 Å². The molecule has 1 amide bonds.